The van der Waals surface area contributed by atoms with E-state index in [1.54, 1.807) is 0 Å². The Morgan fingerprint density at radius 3 is 1.90 bits per heavy atom. The second-order valence-corrected chi connectivity index (χ2v) is 11.7. The van der Waals surface area contributed by atoms with Crippen LogP contribution in [0.5, 0.6) is 0 Å². The third-order valence-electron chi connectivity index (χ3n) is 8.06. The first-order chi connectivity index (χ1) is 20.8. The maximum atomic E-state index is 3.54. The number of fused-ring (bicyclic) bond motifs is 4. The lowest BCUT2D eigenvalue weighted by atomic mass is 10.0. The molecular formula is C39H28N2S. The van der Waals surface area contributed by atoms with Crippen LogP contribution in [0, 0.1) is 0 Å². The number of thiophene rings is 1. The fourth-order valence-corrected chi connectivity index (χ4v) is 7.06. The average Bonchev–Trinajstić information content (AvgIpc) is 3.44. The molecule has 0 unspecified atom stereocenters. The molecular weight excluding hydrogens is 529 g/mol. The van der Waals surface area contributed by atoms with Gasteiger partial charge in [-0.05, 0) is 75.5 Å². The summed E-state index contributed by atoms with van der Waals surface area (Å²) in [7, 11) is 0. The summed E-state index contributed by atoms with van der Waals surface area (Å²) in [5, 5.41) is 8.55. The molecule has 0 saturated carbocycles. The molecule has 200 valence electrons. The van der Waals surface area contributed by atoms with Crippen LogP contribution in [0.25, 0.3) is 49.2 Å². The molecule has 42 heavy (non-hydrogen) atoms. The van der Waals surface area contributed by atoms with Crippen LogP contribution in [0.15, 0.2) is 146 Å². The maximum Gasteiger partial charge on any atom is 0.0971 e. The van der Waals surface area contributed by atoms with Crippen LogP contribution in [0.2, 0.25) is 0 Å². The zero-order valence-electron chi connectivity index (χ0n) is 23.0. The van der Waals surface area contributed by atoms with E-state index in [1.807, 2.05) is 11.3 Å². The van der Waals surface area contributed by atoms with Gasteiger partial charge in [0.2, 0.25) is 0 Å². The molecule has 1 N–H and O–H groups in total. The van der Waals surface area contributed by atoms with Crippen LogP contribution in [0.1, 0.15) is 5.56 Å². The van der Waals surface area contributed by atoms with Crippen LogP contribution < -0.4 is 10.2 Å². The Bertz CT molecular complexity index is 2070. The van der Waals surface area contributed by atoms with E-state index in [0.717, 1.165) is 23.6 Å². The van der Waals surface area contributed by atoms with Crippen LogP contribution in [-0.4, -0.2) is 6.54 Å². The summed E-state index contributed by atoms with van der Waals surface area (Å²) >= 11 is 1.83. The van der Waals surface area contributed by atoms with E-state index >= 15 is 0 Å². The van der Waals surface area contributed by atoms with Gasteiger partial charge in [-0.1, -0.05) is 109 Å². The fourth-order valence-electron chi connectivity index (χ4n) is 5.93. The molecule has 0 bridgehead atoms. The lowest BCUT2D eigenvalue weighted by molar-refractivity contribution is 1.30. The van der Waals surface area contributed by atoms with Crippen molar-refractivity contribution in [3.63, 3.8) is 0 Å². The smallest absolute Gasteiger partial charge is 0.0971 e. The number of hydrogen-bond donors (Lipinski definition) is 1. The molecule has 1 aliphatic heterocycles. The van der Waals surface area contributed by atoms with E-state index in [9.17, 15) is 0 Å². The number of anilines is 4. The predicted molar refractivity (Wildman–Crippen MR) is 182 cm³/mol. The quantitative estimate of drug-likeness (QED) is 0.227. The fraction of sp³-hybridized carbons (Fsp3) is 0.0256. The van der Waals surface area contributed by atoms with Crippen molar-refractivity contribution in [2.45, 2.75) is 0 Å². The number of hydrogen-bond acceptors (Lipinski definition) is 3. The molecule has 6 aromatic carbocycles. The number of rotatable bonds is 5. The highest BCUT2D eigenvalue weighted by atomic mass is 32.1. The van der Waals surface area contributed by atoms with Gasteiger partial charge in [-0.15, -0.1) is 11.3 Å². The van der Waals surface area contributed by atoms with Crippen LogP contribution in [-0.2, 0) is 0 Å². The highest BCUT2D eigenvalue weighted by molar-refractivity contribution is 7.23. The molecule has 8 rings (SSSR count). The van der Waals surface area contributed by atoms with E-state index in [0.29, 0.717) is 0 Å². The summed E-state index contributed by atoms with van der Waals surface area (Å²) in [5.41, 5.74) is 9.63. The molecule has 2 nitrogen and oxygen atoms in total. The number of nitrogens with zero attached hydrogens (tertiary/aromatic N) is 1. The lowest BCUT2D eigenvalue weighted by Crippen LogP contribution is -2.09. The highest BCUT2D eigenvalue weighted by Gasteiger charge is 2.17. The van der Waals surface area contributed by atoms with Gasteiger partial charge < -0.3 is 10.2 Å². The first-order valence-electron chi connectivity index (χ1n) is 14.3. The van der Waals surface area contributed by atoms with Crippen molar-refractivity contribution in [1.29, 1.82) is 0 Å². The number of benzene rings is 6. The van der Waals surface area contributed by atoms with E-state index in [1.165, 1.54) is 53.7 Å². The molecule has 0 fully saturated rings. The predicted octanol–water partition coefficient (Wildman–Crippen LogP) is 11.3. The Kier molecular flexibility index (Phi) is 6.09. The Hall–Kier alpha value is -5.12. The molecule has 2 heterocycles. The van der Waals surface area contributed by atoms with Crippen molar-refractivity contribution in [2.24, 2.45) is 0 Å². The second-order valence-electron chi connectivity index (χ2n) is 10.7. The highest BCUT2D eigenvalue weighted by Crippen LogP contribution is 2.43. The second kappa shape index (κ2) is 10.4. The van der Waals surface area contributed by atoms with Crippen LogP contribution >= 0.6 is 11.3 Å². The summed E-state index contributed by atoms with van der Waals surface area (Å²) in [5.74, 6) is 0. The first-order valence-corrected chi connectivity index (χ1v) is 15.1. The largest absolute Gasteiger partial charge is 0.373 e. The summed E-state index contributed by atoms with van der Waals surface area (Å²) in [6.07, 6.45) is 4.44. The topological polar surface area (TPSA) is 15.3 Å². The Balaban J connectivity index is 1.24. The van der Waals surface area contributed by atoms with Crippen molar-refractivity contribution < 1.29 is 0 Å². The SMILES string of the molecule is C1=Cc2c(sc3cc(N(c4ccc(-c5ccccc5)cc4)c4ccc5cc(-c6ccccc6)ccc5c4)ccc23)NC1. The molecule has 0 radical (unpaired) electrons. The minimum atomic E-state index is 0.885. The van der Waals surface area contributed by atoms with Crippen LogP contribution in [0.3, 0.4) is 0 Å². The summed E-state index contributed by atoms with van der Waals surface area (Å²) in [4.78, 5) is 2.38. The van der Waals surface area contributed by atoms with Gasteiger partial charge in [0.1, 0.15) is 0 Å². The van der Waals surface area contributed by atoms with Crippen molar-refractivity contribution in [2.75, 3.05) is 16.8 Å². The van der Waals surface area contributed by atoms with Crippen molar-refractivity contribution in [3.05, 3.63) is 151 Å². The standard InChI is InChI=1S/C39H28N2S/c1-3-8-27(9-4-1)29-15-18-33(19-16-29)41(35-21-22-36-37-12-7-23-40-39(37)42-38(36)26-35)34-20-17-31-24-30(13-14-32(31)25-34)28-10-5-2-6-11-28/h1-22,24-26,40H,23H2. The molecule has 1 aromatic heterocycles. The maximum absolute atomic E-state index is 3.54. The van der Waals surface area contributed by atoms with Crippen molar-refractivity contribution in [1.82, 2.24) is 0 Å². The molecule has 0 amide bonds. The Morgan fingerprint density at radius 1 is 0.524 bits per heavy atom. The van der Waals surface area contributed by atoms with E-state index in [2.05, 4.69) is 162 Å². The molecule has 3 heteroatoms. The summed E-state index contributed by atoms with van der Waals surface area (Å²) in [6.45, 7) is 0.885. The van der Waals surface area contributed by atoms with Gasteiger partial charge in [0, 0.05) is 39.3 Å². The van der Waals surface area contributed by atoms with Gasteiger partial charge in [0.25, 0.3) is 0 Å². The van der Waals surface area contributed by atoms with Gasteiger partial charge in [-0.25, -0.2) is 0 Å². The van der Waals surface area contributed by atoms with Gasteiger partial charge in [-0.3, -0.25) is 0 Å². The molecule has 0 aliphatic carbocycles. The molecule has 1 aliphatic rings. The zero-order chi connectivity index (χ0) is 27.9. The summed E-state index contributed by atoms with van der Waals surface area (Å²) in [6, 6.07) is 50.5. The molecule has 7 aromatic rings. The van der Waals surface area contributed by atoms with Gasteiger partial charge in [-0.2, -0.15) is 0 Å². The summed E-state index contributed by atoms with van der Waals surface area (Å²) < 4.78 is 1.29. The van der Waals surface area contributed by atoms with E-state index in [4.69, 9.17) is 0 Å². The molecule has 0 atom stereocenters. The molecule has 0 saturated heterocycles. The van der Waals surface area contributed by atoms with Gasteiger partial charge in [0.05, 0.1) is 5.00 Å². The lowest BCUT2D eigenvalue weighted by Gasteiger charge is -2.26. The minimum Gasteiger partial charge on any atom is -0.373 e. The zero-order valence-corrected chi connectivity index (χ0v) is 23.8. The van der Waals surface area contributed by atoms with Gasteiger partial charge >= 0.3 is 0 Å². The Morgan fingerprint density at radius 2 is 1.12 bits per heavy atom. The first kappa shape index (κ1) is 24.7. The average molecular weight is 557 g/mol. The number of nitrogens with one attached hydrogen (secondary N) is 1. The minimum absolute atomic E-state index is 0.885. The van der Waals surface area contributed by atoms with E-state index in [-0.39, 0.29) is 0 Å². The normalized spacial score (nSPS) is 12.3. The molecule has 0 spiro atoms. The Labute approximate surface area is 249 Å². The van der Waals surface area contributed by atoms with Gasteiger partial charge in [0.15, 0.2) is 0 Å². The van der Waals surface area contributed by atoms with Crippen molar-refractivity contribution in [3.8, 4) is 22.3 Å². The van der Waals surface area contributed by atoms with Crippen molar-refractivity contribution >= 4 is 60.3 Å². The third kappa shape index (κ3) is 4.45. The third-order valence-corrected chi connectivity index (χ3v) is 9.18. The van der Waals surface area contributed by atoms with E-state index < -0.39 is 0 Å². The van der Waals surface area contributed by atoms with Crippen LogP contribution in [0.4, 0.5) is 22.1 Å². The monoisotopic (exact) mass is 556 g/mol.